The Morgan fingerprint density at radius 3 is 1.27 bits per heavy atom. The fraction of sp³-hybridized carbons (Fsp3) is 0.549. The molecular formula is C91H127ClFN6NaO19. The van der Waals surface area contributed by atoms with Gasteiger partial charge in [0.2, 0.25) is 0 Å². The summed E-state index contributed by atoms with van der Waals surface area (Å²) in [5.41, 5.74) is 0.378. The molecule has 3 fully saturated rings. The predicted molar refractivity (Wildman–Crippen MR) is 453 cm³/mol. The number of halogens is 2. The second-order valence-electron chi connectivity index (χ2n) is 33.6. The quantitative estimate of drug-likeness (QED) is 0.0294. The van der Waals surface area contributed by atoms with Crippen LogP contribution in [0, 0.1) is 23.6 Å². The van der Waals surface area contributed by atoms with Crippen molar-refractivity contribution in [1.29, 1.82) is 0 Å². The van der Waals surface area contributed by atoms with Crippen LogP contribution >= 0.6 is 12.4 Å². The van der Waals surface area contributed by atoms with E-state index in [1.165, 1.54) is 23.6 Å². The number of para-hydroxylation sites is 2. The number of likely N-dealkylation sites (tertiary alicyclic amines) is 2. The largest absolute Gasteiger partial charge is 1.00 e. The van der Waals surface area contributed by atoms with Crippen molar-refractivity contribution in [2.75, 3.05) is 141 Å². The zero-order valence-electron chi connectivity index (χ0n) is 74.3. The first-order valence-corrected chi connectivity index (χ1v) is 40.7. The first-order chi connectivity index (χ1) is 55.7. The number of aliphatic hydroxyl groups is 1. The maximum Gasteiger partial charge on any atom is 1.00 e. The zero-order valence-corrected chi connectivity index (χ0v) is 76.1. The molecule has 6 aromatic rings. The molecule has 5 aliphatic heterocycles. The van der Waals surface area contributed by atoms with Gasteiger partial charge in [0.05, 0.1) is 59.8 Å². The molecule has 0 aromatic heterocycles. The fourth-order valence-corrected chi connectivity index (χ4v) is 15.5. The minimum absolute atomic E-state index is 0. The summed E-state index contributed by atoms with van der Waals surface area (Å²) in [6.45, 7) is 29.5. The number of rotatable bonds is 32. The number of β-amino-alcohol motifs (C(OH)–C–C–N with tert-alkyl or cyclic N) is 1. The SMILES string of the molecule is COCCCOc1cc(C(=O)N(C[C@@H]2CN(C(=O)OC(C)(C)C)C[C@@]2(O)Cc2ccccc2F)C(C)C)ccc1OC.COCCCOc1cc(C(=O)N(C[C@@H]2CN(C(=O)OC(C)(C)C)C[C@@]23Cc2ccccc2O3)C(C)C)ccc1OC.COCCCOc1cc(C(=O)N(C[C@@H]2CNC[C@@]23Cc2ccccc2O3)C(C)C)ccc1OC.Cl.[H-].[Na+]. The van der Waals surface area contributed by atoms with Crippen LogP contribution in [0.2, 0.25) is 0 Å². The minimum atomic E-state index is -1.50. The smallest absolute Gasteiger partial charge is 1.00 e. The standard InChI is InChI=1S/C32H45FN2O7.C32H44N2O7.C27H36N2O5.ClH.Na.H/c1-22(2)35(29(36)23-13-14-27(40-7)28(17-23)41-16-10-15-39-6)20-25-19-34(30(37)42-31(3,4)5)21-32(25,38)18-24-11-8-9-12-26(24)33;1-22(2)34(29(35)23-13-14-27(38-7)28(17-23)39-16-10-15-37-6)20-25-19-33(30(36)41-31(3,4)5)21-32(25)18-24-11-8-9-12-26(24)40-32;1-19(2)29(17-22-16-28-18-27(22)15-21-8-5-6-9-23(21)34-27)26(30)20-10-11-24(32-4)25(14-20)33-13-7-12-31-3;;;/h8-9,11-14,17,22,25,38H,10,15-16,18-21H2,1-7H3;8-9,11-14,17,22,25H,10,15-16,18-21H2,1-7H3;5-6,8-11,14,19,22,28H,7,12-13,15-18H2,1-4H3;1H;;/q;;;;+1;-1/t2*25-,32-;22-,27-;;;/m000.../s1. The number of benzene rings is 6. The van der Waals surface area contributed by atoms with E-state index in [1.54, 1.807) is 133 Å². The van der Waals surface area contributed by atoms with Crippen molar-refractivity contribution in [3.05, 3.63) is 167 Å². The number of carbonyl (C=O) groups is 5. The molecule has 0 unspecified atom stereocenters. The van der Waals surface area contributed by atoms with Gasteiger partial charge in [-0.1, -0.05) is 54.6 Å². The summed E-state index contributed by atoms with van der Waals surface area (Å²) < 4.78 is 88.4. The molecule has 6 aromatic carbocycles. The van der Waals surface area contributed by atoms with Gasteiger partial charge < -0.3 is 97.9 Å². The van der Waals surface area contributed by atoms with Crippen molar-refractivity contribution >= 4 is 42.3 Å². The van der Waals surface area contributed by atoms with Gasteiger partial charge in [0, 0.05) is 178 Å². The van der Waals surface area contributed by atoms with Gasteiger partial charge in [-0.2, -0.15) is 0 Å². The summed E-state index contributed by atoms with van der Waals surface area (Å²) in [4.78, 5) is 76.4. The third kappa shape index (κ3) is 25.9. The van der Waals surface area contributed by atoms with Crippen molar-refractivity contribution in [2.45, 2.75) is 168 Å². The maximum absolute atomic E-state index is 14.7. The van der Waals surface area contributed by atoms with E-state index < -0.39 is 40.2 Å². The van der Waals surface area contributed by atoms with Gasteiger partial charge >= 0.3 is 41.7 Å². The van der Waals surface area contributed by atoms with Crippen LogP contribution in [0.1, 0.15) is 152 Å². The molecule has 650 valence electrons. The topological polar surface area (TPSA) is 254 Å². The van der Waals surface area contributed by atoms with E-state index in [9.17, 15) is 33.5 Å². The normalized spacial score (nSPS) is 19.4. The molecule has 2 N–H and O–H groups in total. The Morgan fingerprint density at radius 2 is 0.874 bits per heavy atom. The number of amides is 5. The molecule has 5 amide bonds. The molecule has 5 heterocycles. The van der Waals surface area contributed by atoms with E-state index in [2.05, 4.69) is 37.4 Å². The van der Waals surface area contributed by atoms with Gasteiger partial charge in [-0.3, -0.25) is 14.4 Å². The van der Waals surface area contributed by atoms with Crippen LogP contribution in [-0.4, -0.2) is 247 Å². The van der Waals surface area contributed by atoms with Gasteiger partial charge in [0.1, 0.15) is 39.7 Å². The Kier molecular flexibility index (Phi) is 36.6. The van der Waals surface area contributed by atoms with E-state index in [1.807, 2.05) is 94.7 Å². The van der Waals surface area contributed by atoms with Crippen molar-refractivity contribution in [3.63, 3.8) is 0 Å². The first kappa shape index (κ1) is 97.8. The molecule has 25 nitrogen and oxygen atoms in total. The number of methoxy groups -OCH3 is 6. The number of fused-ring (bicyclic) bond motifs is 2. The molecule has 11 rings (SSSR count). The molecule has 0 aliphatic carbocycles. The number of nitrogens with zero attached hydrogens (tertiary/aromatic N) is 5. The fourth-order valence-electron chi connectivity index (χ4n) is 15.5. The summed E-state index contributed by atoms with van der Waals surface area (Å²) in [5.74, 6) is 3.65. The third-order valence-corrected chi connectivity index (χ3v) is 21.6. The van der Waals surface area contributed by atoms with Gasteiger partial charge in [-0.15, -0.1) is 12.4 Å². The van der Waals surface area contributed by atoms with Gasteiger partial charge in [0.15, 0.2) is 34.5 Å². The van der Waals surface area contributed by atoms with Crippen molar-refractivity contribution < 1.29 is 126 Å². The Bertz CT molecular complexity index is 4250. The van der Waals surface area contributed by atoms with E-state index in [4.69, 9.17) is 61.6 Å². The number of ether oxygens (including phenoxy) is 13. The monoisotopic (exact) mass is 1680 g/mol. The van der Waals surface area contributed by atoms with Gasteiger partial charge in [-0.05, 0) is 173 Å². The van der Waals surface area contributed by atoms with Gasteiger partial charge in [0.25, 0.3) is 17.7 Å². The Labute approximate surface area is 732 Å². The molecular weight excluding hydrogens is 1560 g/mol. The second-order valence-corrected chi connectivity index (χ2v) is 33.6. The summed E-state index contributed by atoms with van der Waals surface area (Å²) in [5, 5.41) is 15.5. The minimum Gasteiger partial charge on any atom is -1.00 e. The van der Waals surface area contributed by atoms with E-state index >= 15 is 0 Å². The zero-order chi connectivity index (χ0) is 85.0. The molecule has 28 heteroatoms. The van der Waals surface area contributed by atoms with Crippen LogP contribution < -0.4 is 72.8 Å². The molecule has 0 radical (unpaired) electrons. The summed E-state index contributed by atoms with van der Waals surface area (Å²) in [6, 6.07) is 37.9. The Morgan fingerprint density at radius 1 is 0.504 bits per heavy atom. The predicted octanol–water partition coefficient (Wildman–Crippen LogP) is 11.2. The Balaban J connectivity index is 0.000000277. The summed E-state index contributed by atoms with van der Waals surface area (Å²) >= 11 is 0. The third-order valence-electron chi connectivity index (χ3n) is 21.6. The molecule has 0 saturated carbocycles. The number of carbonyl (C=O) groups excluding carboxylic acids is 5. The average Bonchev–Trinajstić information content (AvgIpc) is 1.60. The molecule has 119 heavy (non-hydrogen) atoms. The van der Waals surface area contributed by atoms with Crippen LogP contribution in [0.5, 0.6) is 46.0 Å². The van der Waals surface area contributed by atoms with Crippen LogP contribution in [0.4, 0.5) is 14.0 Å². The molecule has 0 bridgehead atoms. The Hall–Kier alpha value is -8.31. The maximum atomic E-state index is 14.7. The van der Waals surface area contributed by atoms with Crippen LogP contribution in [-0.2, 0) is 42.9 Å². The van der Waals surface area contributed by atoms with Crippen molar-refractivity contribution in [2.24, 2.45) is 17.8 Å². The number of nitrogens with one attached hydrogen (secondary N) is 1. The van der Waals surface area contributed by atoms with E-state index in [0.717, 1.165) is 49.4 Å². The molecule has 3 saturated heterocycles. The van der Waals surface area contributed by atoms with Crippen LogP contribution in [0.25, 0.3) is 0 Å². The van der Waals surface area contributed by atoms with E-state index in [-0.39, 0.29) is 129 Å². The van der Waals surface area contributed by atoms with Crippen LogP contribution in [0.3, 0.4) is 0 Å². The van der Waals surface area contributed by atoms with E-state index in [0.29, 0.717) is 135 Å². The van der Waals surface area contributed by atoms with Gasteiger partial charge in [-0.25, -0.2) is 14.0 Å². The number of hydrogen-bond acceptors (Lipinski definition) is 20. The van der Waals surface area contributed by atoms with Crippen LogP contribution in [0.15, 0.2) is 127 Å². The number of hydrogen-bond donors (Lipinski definition) is 2. The first-order valence-electron chi connectivity index (χ1n) is 40.7. The summed E-state index contributed by atoms with van der Waals surface area (Å²) in [6.07, 6.45) is 2.72. The molecule has 6 atom stereocenters. The molecule has 5 aliphatic rings. The van der Waals surface area contributed by atoms with Crippen molar-refractivity contribution in [3.8, 4) is 46.0 Å². The van der Waals surface area contributed by atoms with Crippen molar-refractivity contribution in [1.82, 2.24) is 29.8 Å². The summed E-state index contributed by atoms with van der Waals surface area (Å²) in [7, 11) is 9.65. The second kappa shape index (κ2) is 44.5. The average molecular weight is 1690 g/mol. The molecule has 2 spiro atoms.